The van der Waals surface area contributed by atoms with Crippen LogP contribution in [0.3, 0.4) is 0 Å². The van der Waals surface area contributed by atoms with Crippen LogP contribution in [0.4, 0.5) is 14.5 Å². The summed E-state index contributed by atoms with van der Waals surface area (Å²) in [4.78, 5) is 7.99. The summed E-state index contributed by atoms with van der Waals surface area (Å²) in [6.45, 7) is 0. The molecule has 0 saturated heterocycles. The maximum absolute atomic E-state index is 14.2. The van der Waals surface area contributed by atoms with Crippen molar-refractivity contribution in [1.82, 2.24) is 24.7 Å². The summed E-state index contributed by atoms with van der Waals surface area (Å²) in [7, 11) is -1.21. The molecule has 4 heterocycles. The van der Waals surface area contributed by atoms with Crippen molar-refractivity contribution in [2.24, 2.45) is 7.05 Å². The van der Waals surface area contributed by atoms with Gasteiger partial charge in [-0.1, -0.05) is 0 Å². The van der Waals surface area contributed by atoms with Gasteiger partial charge in [0.1, 0.15) is 22.2 Å². The van der Waals surface area contributed by atoms with Crippen molar-refractivity contribution >= 4 is 26.7 Å². The summed E-state index contributed by atoms with van der Waals surface area (Å²) >= 11 is 0. The summed E-state index contributed by atoms with van der Waals surface area (Å²) in [5.74, 6) is -2.13. The zero-order valence-electron chi connectivity index (χ0n) is 19.0. The molecule has 5 rings (SSSR count). The first kappa shape index (κ1) is 23.3. The predicted molar refractivity (Wildman–Crippen MR) is 129 cm³/mol. The molecule has 0 unspecified atom stereocenters. The van der Waals surface area contributed by atoms with Gasteiger partial charge in [0.05, 0.1) is 36.2 Å². The molecule has 0 saturated carbocycles. The number of rotatable bonds is 6. The molecule has 1 N–H and O–H groups in total. The average Bonchev–Trinajstić information content (AvgIpc) is 3.20. The van der Waals surface area contributed by atoms with E-state index in [1.165, 1.54) is 19.4 Å². The van der Waals surface area contributed by atoms with Gasteiger partial charge in [-0.3, -0.25) is 9.71 Å². The predicted octanol–water partition coefficient (Wildman–Crippen LogP) is 4.18. The van der Waals surface area contributed by atoms with E-state index in [-0.39, 0.29) is 11.6 Å². The highest BCUT2D eigenvalue weighted by molar-refractivity contribution is 7.92. The van der Waals surface area contributed by atoms with Gasteiger partial charge in [0.15, 0.2) is 0 Å². The highest BCUT2D eigenvalue weighted by atomic mass is 32.2. The maximum atomic E-state index is 14.2. The summed E-state index contributed by atoms with van der Waals surface area (Å²) in [5, 5.41) is 7.75. The minimum absolute atomic E-state index is 0.0172. The number of methoxy groups -OCH3 is 1. The lowest BCUT2D eigenvalue weighted by molar-refractivity contribution is 0.400. The van der Waals surface area contributed by atoms with Crippen LogP contribution in [0.2, 0.25) is 0 Å². The smallest absolute Gasteiger partial charge is 0.264 e. The van der Waals surface area contributed by atoms with Gasteiger partial charge < -0.3 is 9.30 Å². The molecule has 1 aromatic carbocycles. The molecular formula is C24H18F2N6O3S. The van der Waals surface area contributed by atoms with Crippen molar-refractivity contribution in [3.63, 3.8) is 0 Å². The fourth-order valence-corrected chi connectivity index (χ4v) is 5.06. The number of fused-ring (bicyclic) bond motifs is 1. The molecule has 9 nitrogen and oxygen atoms in total. The summed E-state index contributed by atoms with van der Waals surface area (Å²) in [6, 6.07) is 9.26. The van der Waals surface area contributed by atoms with Crippen molar-refractivity contribution in [1.29, 1.82) is 0 Å². The Morgan fingerprint density at radius 3 is 2.50 bits per heavy atom. The summed E-state index contributed by atoms with van der Waals surface area (Å²) in [5.41, 5.74) is 4.44. The van der Waals surface area contributed by atoms with Gasteiger partial charge in [-0.25, -0.2) is 22.2 Å². The van der Waals surface area contributed by atoms with Crippen molar-refractivity contribution in [2.75, 3.05) is 11.8 Å². The van der Waals surface area contributed by atoms with Crippen LogP contribution in [0.5, 0.6) is 5.88 Å². The number of nitrogens with zero attached hydrogens (tertiary/aromatic N) is 5. The number of benzene rings is 1. The SMILES string of the molecule is COc1ncc(-c2ccnc3cc(-c4ccnnc4)n(C)c23)cc1NS(=O)(=O)c1ccc(F)cc1F. The largest absolute Gasteiger partial charge is 0.480 e. The minimum atomic E-state index is -4.42. The minimum Gasteiger partial charge on any atom is -0.480 e. The Kier molecular flexibility index (Phi) is 5.80. The number of anilines is 1. The molecule has 4 aromatic heterocycles. The molecular weight excluding hydrogens is 490 g/mol. The van der Waals surface area contributed by atoms with Gasteiger partial charge in [0.25, 0.3) is 10.0 Å². The van der Waals surface area contributed by atoms with E-state index in [4.69, 9.17) is 4.74 Å². The van der Waals surface area contributed by atoms with Gasteiger partial charge in [-0.2, -0.15) is 10.2 Å². The third-order valence-corrected chi connectivity index (χ3v) is 6.98. The monoisotopic (exact) mass is 508 g/mol. The number of hydrogen-bond acceptors (Lipinski definition) is 7. The fourth-order valence-electron chi connectivity index (χ4n) is 3.96. The summed E-state index contributed by atoms with van der Waals surface area (Å²) < 4.78 is 62.8. The number of sulfonamides is 1. The molecule has 5 aromatic rings. The molecule has 0 bridgehead atoms. The first-order valence-electron chi connectivity index (χ1n) is 10.5. The number of aryl methyl sites for hydroxylation is 1. The van der Waals surface area contributed by atoms with Gasteiger partial charge in [-0.05, 0) is 36.4 Å². The lowest BCUT2D eigenvalue weighted by Gasteiger charge is -2.14. The Hall–Kier alpha value is -4.45. The van der Waals surface area contributed by atoms with Crippen LogP contribution in [0.1, 0.15) is 0 Å². The number of halogens is 2. The van der Waals surface area contributed by atoms with Crippen LogP contribution < -0.4 is 9.46 Å². The molecule has 0 aliphatic carbocycles. The molecule has 0 spiro atoms. The van der Waals surface area contributed by atoms with Crippen LogP contribution in [0.15, 0.2) is 72.1 Å². The second-order valence-electron chi connectivity index (χ2n) is 7.77. The Labute approximate surface area is 204 Å². The first-order chi connectivity index (χ1) is 17.3. The Morgan fingerprint density at radius 1 is 0.944 bits per heavy atom. The molecule has 182 valence electrons. The van der Waals surface area contributed by atoms with Gasteiger partial charge in [0, 0.05) is 42.2 Å². The van der Waals surface area contributed by atoms with E-state index in [1.54, 1.807) is 24.7 Å². The average molecular weight is 509 g/mol. The Bertz CT molecular complexity index is 1710. The van der Waals surface area contributed by atoms with Gasteiger partial charge >= 0.3 is 0 Å². The highest BCUT2D eigenvalue weighted by Gasteiger charge is 2.23. The zero-order chi connectivity index (χ0) is 25.4. The molecule has 0 aliphatic rings. The molecule has 0 aliphatic heterocycles. The zero-order valence-corrected chi connectivity index (χ0v) is 19.8. The standard InChI is InChI=1S/C24H18F2N6O3S/c1-32-21(14-5-8-29-30-13-14)11-19-23(32)17(6-7-27-19)15-9-20(24(35-2)28-12-15)31-36(33,34)22-4-3-16(25)10-18(22)26/h3-13,31H,1-2H3. The van der Waals surface area contributed by atoms with E-state index in [9.17, 15) is 17.2 Å². The van der Waals surface area contributed by atoms with Crippen LogP contribution in [-0.2, 0) is 17.1 Å². The molecule has 0 fully saturated rings. The second-order valence-corrected chi connectivity index (χ2v) is 9.42. The van der Waals surface area contributed by atoms with E-state index in [2.05, 4.69) is 24.9 Å². The number of nitrogens with one attached hydrogen (secondary N) is 1. The van der Waals surface area contributed by atoms with Crippen molar-refractivity contribution < 1.29 is 21.9 Å². The molecule has 0 atom stereocenters. The molecule has 0 amide bonds. The van der Waals surface area contributed by atoms with E-state index in [1.807, 2.05) is 23.7 Å². The fraction of sp³-hybridized carbons (Fsp3) is 0.0833. The van der Waals surface area contributed by atoms with E-state index >= 15 is 0 Å². The topological polar surface area (TPSA) is 112 Å². The third kappa shape index (κ3) is 4.11. The highest BCUT2D eigenvalue weighted by Crippen LogP contribution is 2.36. The third-order valence-electron chi connectivity index (χ3n) is 5.59. The normalized spacial score (nSPS) is 11.6. The van der Waals surface area contributed by atoms with Crippen molar-refractivity contribution in [3.05, 3.63) is 78.9 Å². The summed E-state index contributed by atoms with van der Waals surface area (Å²) in [6.07, 6.45) is 6.40. The van der Waals surface area contributed by atoms with Crippen molar-refractivity contribution in [2.45, 2.75) is 4.90 Å². The molecule has 36 heavy (non-hydrogen) atoms. The Morgan fingerprint density at radius 2 is 1.78 bits per heavy atom. The van der Waals surface area contributed by atoms with Crippen LogP contribution in [-0.4, -0.2) is 40.3 Å². The lowest BCUT2D eigenvalue weighted by atomic mass is 10.1. The number of hydrogen-bond donors (Lipinski definition) is 1. The quantitative estimate of drug-likeness (QED) is 0.366. The number of pyridine rings is 2. The van der Waals surface area contributed by atoms with Crippen LogP contribution in [0, 0.1) is 11.6 Å². The van der Waals surface area contributed by atoms with Crippen molar-refractivity contribution in [3.8, 4) is 28.3 Å². The lowest BCUT2D eigenvalue weighted by Crippen LogP contribution is -2.16. The first-order valence-corrected chi connectivity index (χ1v) is 12.0. The van der Waals surface area contributed by atoms with E-state index in [0.29, 0.717) is 17.1 Å². The van der Waals surface area contributed by atoms with Crippen LogP contribution in [0.25, 0.3) is 33.4 Å². The van der Waals surface area contributed by atoms with Crippen LogP contribution >= 0.6 is 0 Å². The second kappa shape index (κ2) is 8.96. The number of aromatic nitrogens is 5. The Balaban J connectivity index is 1.62. The van der Waals surface area contributed by atoms with Gasteiger partial charge in [0.2, 0.25) is 5.88 Å². The van der Waals surface area contributed by atoms with E-state index < -0.39 is 26.6 Å². The maximum Gasteiger partial charge on any atom is 0.264 e. The van der Waals surface area contributed by atoms with Gasteiger partial charge in [-0.15, -0.1) is 0 Å². The number of ether oxygens (including phenoxy) is 1. The molecule has 12 heteroatoms. The van der Waals surface area contributed by atoms with E-state index in [0.717, 1.165) is 34.5 Å². The molecule has 0 radical (unpaired) electrons.